The standard InChI is InChI=1S/C18H27N5O.2ClH/c1-12(2)23-17-15(11-20-23)9-16(13(3)21-17)18(24)22-7-5-14(6-8-22)10-19-4;;/h9,11-12,14,19H,5-8,10H2,1-4H3;2*1H. The predicted octanol–water partition coefficient (Wildman–Crippen LogP) is 3.24. The van der Waals surface area contributed by atoms with Crippen molar-refractivity contribution in [3.8, 4) is 0 Å². The number of halogens is 2. The van der Waals surface area contributed by atoms with E-state index in [2.05, 4.69) is 29.2 Å². The number of aryl methyl sites for hydroxylation is 1. The number of piperidine rings is 1. The third kappa shape index (κ3) is 4.48. The molecule has 1 N–H and O–H groups in total. The molecular formula is C18H29Cl2N5O. The van der Waals surface area contributed by atoms with Crippen molar-refractivity contribution in [2.45, 2.75) is 39.7 Å². The number of amides is 1. The molecule has 6 nitrogen and oxygen atoms in total. The lowest BCUT2D eigenvalue weighted by molar-refractivity contribution is 0.0690. The summed E-state index contributed by atoms with van der Waals surface area (Å²) < 4.78 is 1.90. The summed E-state index contributed by atoms with van der Waals surface area (Å²) in [5, 5.41) is 8.57. The van der Waals surface area contributed by atoms with Gasteiger partial charge in [-0.25, -0.2) is 9.67 Å². The van der Waals surface area contributed by atoms with Crippen molar-refractivity contribution in [1.82, 2.24) is 25.0 Å². The second kappa shape index (κ2) is 9.53. The molecule has 1 amide bonds. The smallest absolute Gasteiger partial charge is 0.255 e. The number of nitrogens with zero attached hydrogens (tertiary/aromatic N) is 4. The molecule has 0 bridgehead atoms. The Kier molecular flexibility index (Phi) is 8.31. The molecule has 0 aliphatic carbocycles. The zero-order valence-electron chi connectivity index (χ0n) is 15.9. The molecule has 0 unspecified atom stereocenters. The molecule has 1 aliphatic heterocycles. The number of likely N-dealkylation sites (tertiary alicyclic amines) is 1. The van der Waals surface area contributed by atoms with Gasteiger partial charge >= 0.3 is 0 Å². The quantitative estimate of drug-likeness (QED) is 0.853. The highest BCUT2D eigenvalue weighted by atomic mass is 35.5. The highest BCUT2D eigenvalue weighted by Gasteiger charge is 2.25. The summed E-state index contributed by atoms with van der Waals surface area (Å²) in [7, 11) is 1.99. The van der Waals surface area contributed by atoms with Crippen LogP contribution in [0.4, 0.5) is 0 Å². The van der Waals surface area contributed by atoms with Gasteiger partial charge in [0.05, 0.1) is 17.5 Å². The minimum Gasteiger partial charge on any atom is -0.339 e. The lowest BCUT2D eigenvalue weighted by atomic mass is 9.96. The Morgan fingerprint density at radius 2 is 1.96 bits per heavy atom. The van der Waals surface area contributed by atoms with Crippen LogP contribution >= 0.6 is 24.8 Å². The second-order valence-corrected chi connectivity index (χ2v) is 7.01. The minimum absolute atomic E-state index is 0. The van der Waals surface area contributed by atoms with E-state index in [1.807, 2.05) is 29.6 Å². The molecule has 0 saturated carbocycles. The average Bonchev–Trinajstić information content (AvgIpc) is 2.97. The van der Waals surface area contributed by atoms with E-state index in [1.165, 1.54) is 0 Å². The number of carbonyl (C=O) groups excluding carboxylic acids is 1. The molecule has 0 atom stereocenters. The normalized spacial score (nSPS) is 15.0. The van der Waals surface area contributed by atoms with Crippen LogP contribution in [0.15, 0.2) is 12.3 Å². The Bertz CT molecular complexity index is 739. The van der Waals surface area contributed by atoms with E-state index in [1.54, 1.807) is 6.20 Å². The van der Waals surface area contributed by atoms with Crippen molar-refractivity contribution in [3.05, 3.63) is 23.5 Å². The first-order valence-corrected chi connectivity index (χ1v) is 8.80. The Morgan fingerprint density at radius 1 is 1.31 bits per heavy atom. The second-order valence-electron chi connectivity index (χ2n) is 7.01. The summed E-state index contributed by atoms with van der Waals surface area (Å²) in [5.41, 5.74) is 2.34. The summed E-state index contributed by atoms with van der Waals surface area (Å²) in [6.07, 6.45) is 3.93. The van der Waals surface area contributed by atoms with Crippen LogP contribution in [0.5, 0.6) is 0 Å². The van der Waals surface area contributed by atoms with E-state index < -0.39 is 0 Å². The molecule has 146 valence electrons. The van der Waals surface area contributed by atoms with Crippen molar-refractivity contribution in [2.75, 3.05) is 26.7 Å². The van der Waals surface area contributed by atoms with Crippen LogP contribution in [0.25, 0.3) is 11.0 Å². The topological polar surface area (TPSA) is 63.1 Å². The number of fused-ring (bicyclic) bond motifs is 1. The first kappa shape index (κ1) is 22.7. The molecule has 1 fully saturated rings. The van der Waals surface area contributed by atoms with Gasteiger partial charge in [-0.15, -0.1) is 24.8 Å². The number of aromatic nitrogens is 3. The summed E-state index contributed by atoms with van der Waals surface area (Å²) >= 11 is 0. The van der Waals surface area contributed by atoms with Gasteiger partial charge in [0.15, 0.2) is 5.65 Å². The lowest BCUT2D eigenvalue weighted by Gasteiger charge is -2.32. The summed E-state index contributed by atoms with van der Waals surface area (Å²) in [4.78, 5) is 19.5. The molecule has 1 saturated heterocycles. The maximum atomic E-state index is 12.9. The van der Waals surface area contributed by atoms with E-state index in [0.717, 1.165) is 49.2 Å². The molecule has 1 aliphatic rings. The van der Waals surface area contributed by atoms with Crippen molar-refractivity contribution in [2.24, 2.45) is 5.92 Å². The maximum absolute atomic E-state index is 12.9. The highest BCUT2D eigenvalue weighted by Crippen LogP contribution is 2.23. The first-order chi connectivity index (χ1) is 11.5. The van der Waals surface area contributed by atoms with Gasteiger partial charge in [0.25, 0.3) is 5.91 Å². The Hall–Kier alpha value is -1.37. The van der Waals surface area contributed by atoms with Crippen LogP contribution in [-0.4, -0.2) is 52.3 Å². The van der Waals surface area contributed by atoms with Crippen LogP contribution in [0.3, 0.4) is 0 Å². The van der Waals surface area contributed by atoms with Gasteiger partial charge in [0.2, 0.25) is 0 Å². The summed E-state index contributed by atoms with van der Waals surface area (Å²) in [6, 6.07) is 2.20. The Morgan fingerprint density at radius 3 is 2.54 bits per heavy atom. The van der Waals surface area contributed by atoms with E-state index in [4.69, 9.17) is 0 Å². The van der Waals surface area contributed by atoms with Gasteiger partial charge in [0, 0.05) is 24.5 Å². The van der Waals surface area contributed by atoms with Gasteiger partial charge in [-0.05, 0) is 59.2 Å². The van der Waals surface area contributed by atoms with E-state index in [-0.39, 0.29) is 36.8 Å². The fourth-order valence-electron chi connectivity index (χ4n) is 3.46. The lowest BCUT2D eigenvalue weighted by Crippen LogP contribution is -2.40. The van der Waals surface area contributed by atoms with Gasteiger partial charge in [0.1, 0.15) is 0 Å². The number of nitrogens with one attached hydrogen (secondary N) is 1. The van der Waals surface area contributed by atoms with Crippen LogP contribution < -0.4 is 5.32 Å². The van der Waals surface area contributed by atoms with E-state index in [9.17, 15) is 4.79 Å². The number of carbonyl (C=O) groups is 1. The van der Waals surface area contributed by atoms with E-state index in [0.29, 0.717) is 11.5 Å². The van der Waals surface area contributed by atoms with E-state index >= 15 is 0 Å². The molecular weight excluding hydrogens is 373 g/mol. The molecule has 0 radical (unpaired) electrons. The molecule has 3 rings (SSSR count). The number of hydrogen-bond donors (Lipinski definition) is 1. The number of rotatable bonds is 4. The van der Waals surface area contributed by atoms with Crippen molar-refractivity contribution in [3.63, 3.8) is 0 Å². The van der Waals surface area contributed by atoms with Crippen LogP contribution in [0.1, 0.15) is 48.8 Å². The van der Waals surface area contributed by atoms with Crippen LogP contribution in [0.2, 0.25) is 0 Å². The first-order valence-electron chi connectivity index (χ1n) is 8.80. The monoisotopic (exact) mass is 401 g/mol. The zero-order chi connectivity index (χ0) is 17.3. The SMILES string of the molecule is CNCC1CCN(C(=O)c2cc3cnn(C(C)C)c3nc2C)CC1.Cl.Cl. The van der Waals surface area contributed by atoms with Gasteiger partial charge < -0.3 is 10.2 Å². The van der Waals surface area contributed by atoms with Crippen LogP contribution in [-0.2, 0) is 0 Å². The number of pyridine rings is 1. The van der Waals surface area contributed by atoms with Crippen molar-refractivity contribution >= 4 is 41.8 Å². The predicted molar refractivity (Wildman–Crippen MR) is 110 cm³/mol. The van der Waals surface area contributed by atoms with Gasteiger partial charge in [-0.3, -0.25) is 4.79 Å². The Balaban J connectivity index is 0.00000169. The molecule has 2 aromatic heterocycles. The number of hydrogen-bond acceptors (Lipinski definition) is 4. The molecule has 0 aromatic carbocycles. The Labute approximate surface area is 167 Å². The fraction of sp³-hybridized carbons (Fsp3) is 0.611. The summed E-state index contributed by atoms with van der Waals surface area (Å²) in [6.45, 7) is 8.76. The largest absolute Gasteiger partial charge is 0.339 e. The van der Waals surface area contributed by atoms with Gasteiger partial charge in [-0.1, -0.05) is 0 Å². The summed E-state index contributed by atoms with van der Waals surface area (Å²) in [5.74, 6) is 0.770. The van der Waals surface area contributed by atoms with Crippen molar-refractivity contribution in [1.29, 1.82) is 0 Å². The van der Waals surface area contributed by atoms with Crippen molar-refractivity contribution < 1.29 is 4.79 Å². The molecule has 3 heterocycles. The zero-order valence-corrected chi connectivity index (χ0v) is 17.5. The average molecular weight is 402 g/mol. The maximum Gasteiger partial charge on any atom is 0.255 e. The third-order valence-corrected chi connectivity index (χ3v) is 4.87. The highest BCUT2D eigenvalue weighted by molar-refractivity contribution is 5.98. The fourth-order valence-corrected chi connectivity index (χ4v) is 3.46. The molecule has 0 spiro atoms. The molecule has 8 heteroatoms. The third-order valence-electron chi connectivity index (χ3n) is 4.87. The van der Waals surface area contributed by atoms with Crippen LogP contribution in [0, 0.1) is 12.8 Å². The van der Waals surface area contributed by atoms with Gasteiger partial charge in [-0.2, -0.15) is 5.10 Å². The molecule has 26 heavy (non-hydrogen) atoms. The minimum atomic E-state index is 0. The molecule has 2 aromatic rings.